The number of nitrogens with one attached hydrogen (secondary N) is 2. The zero-order valence-corrected chi connectivity index (χ0v) is 17.4. The van der Waals surface area contributed by atoms with E-state index in [9.17, 15) is 13.2 Å². The quantitative estimate of drug-likeness (QED) is 0.556. The van der Waals surface area contributed by atoms with E-state index in [0.717, 1.165) is 31.4 Å². The summed E-state index contributed by atoms with van der Waals surface area (Å²) in [7, 11) is -1.77. The number of ether oxygens (including phenoxy) is 1. The molecule has 1 aromatic carbocycles. The minimum atomic E-state index is -3.42. The number of rotatable bonds is 10. The highest BCUT2D eigenvalue weighted by Gasteiger charge is 2.25. The monoisotopic (exact) mass is 419 g/mol. The van der Waals surface area contributed by atoms with E-state index < -0.39 is 10.0 Å². The minimum Gasteiger partial charge on any atom is -0.383 e. The van der Waals surface area contributed by atoms with Gasteiger partial charge in [-0.15, -0.1) is 12.4 Å². The first kappa shape index (κ1) is 23.8. The van der Waals surface area contributed by atoms with E-state index in [-0.39, 0.29) is 24.7 Å². The summed E-state index contributed by atoms with van der Waals surface area (Å²) in [5.41, 5.74) is 0.799. The van der Waals surface area contributed by atoms with Gasteiger partial charge in [0.25, 0.3) is 0 Å². The molecule has 2 rings (SSSR count). The third-order valence-corrected chi connectivity index (χ3v) is 6.26. The van der Waals surface area contributed by atoms with Crippen molar-refractivity contribution in [1.29, 1.82) is 0 Å². The number of carbonyl (C=O) groups is 1. The summed E-state index contributed by atoms with van der Waals surface area (Å²) in [6.45, 7) is 3.79. The largest absolute Gasteiger partial charge is 0.383 e. The SMILES string of the molecule is COCCNCCNC(=O)Cc1ccc(S(=O)(=O)N2CCCCC2)cc1.Cl. The zero-order valence-electron chi connectivity index (χ0n) is 15.8. The fraction of sp³-hybridized carbons (Fsp3) is 0.611. The lowest BCUT2D eigenvalue weighted by atomic mass is 10.1. The first-order chi connectivity index (χ1) is 12.5. The maximum absolute atomic E-state index is 12.6. The molecule has 1 aromatic rings. The van der Waals surface area contributed by atoms with Crippen molar-refractivity contribution in [2.45, 2.75) is 30.6 Å². The van der Waals surface area contributed by atoms with Crippen molar-refractivity contribution in [3.05, 3.63) is 29.8 Å². The standard InChI is InChI=1S/C18H29N3O4S.ClH/c1-25-14-11-19-9-10-20-18(22)15-16-5-7-17(8-6-16)26(23,24)21-12-3-2-4-13-21;/h5-8,19H,2-4,9-15H2,1H3,(H,20,22);1H. The Labute approximate surface area is 168 Å². The zero-order chi connectivity index (χ0) is 18.8. The molecule has 0 radical (unpaired) electrons. The Morgan fingerprint density at radius 1 is 1.07 bits per heavy atom. The van der Waals surface area contributed by atoms with Crippen LogP contribution in [0.5, 0.6) is 0 Å². The summed E-state index contributed by atoms with van der Waals surface area (Å²) in [6.07, 6.45) is 3.15. The Balaban J connectivity index is 0.00000364. The molecular formula is C18H30ClN3O4S. The molecule has 154 valence electrons. The van der Waals surface area contributed by atoms with Crippen molar-refractivity contribution in [2.75, 3.05) is 46.4 Å². The number of nitrogens with zero attached hydrogens (tertiary/aromatic N) is 1. The highest BCUT2D eigenvalue weighted by Crippen LogP contribution is 2.20. The predicted octanol–water partition coefficient (Wildman–Crippen LogP) is 1.18. The highest BCUT2D eigenvalue weighted by atomic mass is 35.5. The lowest BCUT2D eigenvalue weighted by Gasteiger charge is -2.25. The summed E-state index contributed by atoms with van der Waals surface area (Å²) in [6, 6.07) is 6.62. The van der Waals surface area contributed by atoms with E-state index in [1.54, 1.807) is 35.7 Å². The highest BCUT2D eigenvalue weighted by molar-refractivity contribution is 7.89. The van der Waals surface area contributed by atoms with Crippen LogP contribution >= 0.6 is 12.4 Å². The number of piperidine rings is 1. The Kier molecular flexibility index (Phi) is 10.9. The topological polar surface area (TPSA) is 87.7 Å². The fourth-order valence-electron chi connectivity index (χ4n) is 2.87. The summed E-state index contributed by atoms with van der Waals surface area (Å²) in [5, 5.41) is 5.99. The van der Waals surface area contributed by atoms with Crippen LogP contribution in [0.1, 0.15) is 24.8 Å². The molecule has 1 heterocycles. The molecule has 2 N–H and O–H groups in total. The van der Waals surface area contributed by atoms with Gasteiger partial charge in [-0.1, -0.05) is 18.6 Å². The molecule has 0 spiro atoms. The molecule has 0 aliphatic carbocycles. The molecule has 7 nitrogen and oxygen atoms in total. The van der Waals surface area contributed by atoms with E-state index in [2.05, 4.69) is 10.6 Å². The lowest BCUT2D eigenvalue weighted by Crippen LogP contribution is -2.35. The number of hydrogen-bond donors (Lipinski definition) is 2. The second kappa shape index (κ2) is 12.3. The molecule has 1 amide bonds. The number of benzene rings is 1. The van der Waals surface area contributed by atoms with Crippen LogP contribution in [-0.2, 0) is 26.0 Å². The molecule has 1 aliphatic rings. The van der Waals surface area contributed by atoms with Gasteiger partial charge in [0.15, 0.2) is 0 Å². The van der Waals surface area contributed by atoms with Gasteiger partial charge in [-0.2, -0.15) is 4.31 Å². The van der Waals surface area contributed by atoms with Crippen molar-refractivity contribution in [2.24, 2.45) is 0 Å². The second-order valence-electron chi connectivity index (χ2n) is 6.38. The molecule has 0 unspecified atom stereocenters. The summed E-state index contributed by atoms with van der Waals surface area (Å²) in [5.74, 6) is -0.0785. The molecular weight excluding hydrogens is 390 g/mol. The van der Waals surface area contributed by atoms with Gasteiger partial charge in [0.2, 0.25) is 15.9 Å². The first-order valence-electron chi connectivity index (χ1n) is 9.09. The number of halogens is 1. The summed E-state index contributed by atoms with van der Waals surface area (Å²) >= 11 is 0. The third kappa shape index (κ3) is 7.75. The van der Waals surface area contributed by atoms with Crippen LogP contribution in [0.4, 0.5) is 0 Å². The Hall–Kier alpha value is -1.19. The lowest BCUT2D eigenvalue weighted by molar-refractivity contribution is -0.120. The van der Waals surface area contributed by atoms with Crippen LogP contribution in [0.3, 0.4) is 0 Å². The van der Waals surface area contributed by atoms with Crippen LogP contribution < -0.4 is 10.6 Å². The Morgan fingerprint density at radius 3 is 2.37 bits per heavy atom. The van der Waals surface area contributed by atoms with E-state index >= 15 is 0 Å². The van der Waals surface area contributed by atoms with Crippen molar-refractivity contribution < 1.29 is 17.9 Å². The molecule has 27 heavy (non-hydrogen) atoms. The number of carbonyl (C=O) groups excluding carboxylic acids is 1. The second-order valence-corrected chi connectivity index (χ2v) is 8.32. The van der Waals surface area contributed by atoms with Crippen molar-refractivity contribution in [1.82, 2.24) is 14.9 Å². The molecule has 0 atom stereocenters. The van der Waals surface area contributed by atoms with E-state index in [4.69, 9.17) is 4.74 Å². The Morgan fingerprint density at radius 2 is 1.74 bits per heavy atom. The minimum absolute atomic E-state index is 0. The molecule has 1 fully saturated rings. The van der Waals surface area contributed by atoms with Crippen LogP contribution in [-0.4, -0.2) is 65.1 Å². The van der Waals surface area contributed by atoms with Crippen LogP contribution in [0.25, 0.3) is 0 Å². The van der Waals surface area contributed by atoms with Crippen LogP contribution in [0.15, 0.2) is 29.2 Å². The van der Waals surface area contributed by atoms with Gasteiger partial charge < -0.3 is 15.4 Å². The maximum atomic E-state index is 12.6. The predicted molar refractivity (Wildman–Crippen MR) is 108 cm³/mol. The maximum Gasteiger partial charge on any atom is 0.243 e. The van der Waals surface area contributed by atoms with Crippen molar-refractivity contribution >= 4 is 28.3 Å². The smallest absolute Gasteiger partial charge is 0.243 e. The van der Waals surface area contributed by atoms with E-state index in [1.165, 1.54) is 0 Å². The average Bonchev–Trinajstić information content (AvgIpc) is 2.66. The molecule has 1 aliphatic heterocycles. The molecule has 0 bridgehead atoms. The van der Waals surface area contributed by atoms with Gasteiger partial charge in [-0.25, -0.2) is 8.42 Å². The average molecular weight is 420 g/mol. The number of amides is 1. The van der Waals surface area contributed by atoms with Gasteiger partial charge in [0, 0.05) is 39.8 Å². The number of methoxy groups -OCH3 is 1. The van der Waals surface area contributed by atoms with Gasteiger partial charge in [-0.05, 0) is 30.5 Å². The van der Waals surface area contributed by atoms with Crippen molar-refractivity contribution in [3.63, 3.8) is 0 Å². The van der Waals surface area contributed by atoms with Crippen molar-refractivity contribution in [3.8, 4) is 0 Å². The van der Waals surface area contributed by atoms with Gasteiger partial charge in [0.1, 0.15) is 0 Å². The molecule has 9 heteroatoms. The third-order valence-electron chi connectivity index (χ3n) is 4.35. The molecule has 0 aromatic heterocycles. The normalized spacial score (nSPS) is 15.1. The van der Waals surface area contributed by atoms with E-state index in [0.29, 0.717) is 37.7 Å². The molecule has 1 saturated heterocycles. The molecule has 0 saturated carbocycles. The van der Waals surface area contributed by atoms with Gasteiger partial charge in [-0.3, -0.25) is 4.79 Å². The van der Waals surface area contributed by atoms with Crippen LogP contribution in [0.2, 0.25) is 0 Å². The number of hydrogen-bond acceptors (Lipinski definition) is 5. The van der Waals surface area contributed by atoms with Gasteiger partial charge >= 0.3 is 0 Å². The summed E-state index contributed by atoms with van der Waals surface area (Å²) in [4.78, 5) is 12.2. The van der Waals surface area contributed by atoms with E-state index in [1.807, 2.05) is 0 Å². The fourth-order valence-corrected chi connectivity index (χ4v) is 4.39. The summed E-state index contributed by atoms with van der Waals surface area (Å²) < 4.78 is 31.7. The van der Waals surface area contributed by atoms with Crippen LogP contribution in [0, 0.1) is 0 Å². The number of sulfonamides is 1. The van der Waals surface area contributed by atoms with Gasteiger partial charge in [0.05, 0.1) is 17.9 Å². The Bertz CT molecular complexity index is 662. The first-order valence-corrected chi connectivity index (χ1v) is 10.5.